The first-order chi connectivity index (χ1) is 9.67. The van der Waals surface area contributed by atoms with Gasteiger partial charge in [-0.1, -0.05) is 38.3 Å². The number of aromatic nitrogens is 2. The molecule has 4 heteroatoms. The van der Waals surface area contributed by atoms with Gasteiger partial charge in [0, 0.05) is 13.0 Å². The van der Waals surface area contributed by atoms with E-state index in [1.807, 2.05) is 11.7 Å². The maximum absolute atomic E-state index is 6.39. The van der Waals surface area contributed by atoms with Crippen LogP contribution in [0.5, 0.6) is 0 Å². The minimum absolute atomic E-state index is 0.554. The van der Waals surface area contributed by atoms with Crippen molar-refractivity contribution in [2.45, 2.75) is 51.9 Å². The Morgan fingerprint density at radius 1 is 1.40 bits per heavy atom. The van der Waals surface area contributed by atoms with Gasteiger partial charge in [-0.25, -0.2) is 0 Å². The molecule has 2 rings (SSSR count). The van der Waals surface area contributed by atoms with Gasteiger partial charge in [-0.15, -0.1) is 0 Å². The van der Waals surface area contributed by atoms with Crippen molar-refractivity contribution in [3.63, 3.8) is 0 Å². The van der Waals surface area contributed by atoms with E-state index >= 15 is 0 Å². The first kappa shape index (κ1) is 15.8. The van der Waals surface area contributed by atoms with E-state index in [4.69, 9.17) is 11.6 Å². The molecular weight excluding hydrogens is 270 g/mol. The Kier molecular flexibility index (Phi) is 5.91. The molecule has 1 fully saturated rings. The Morgan fingerprint density at radius 3 is 2.80 bits per heavy atom. The standard InChI is InChI=1S/C16H28ClN3/c1-4-8-18-10-13-7-6-12(5-2)9-14(13)16-15(17)11-19-20(16)3/h11-14,18H,4-10H2,1-3H3. The lowest BCUT2D eigenvalue weighted by Gasteiger charge is -2.36. The highest BCUT2D eigenvalue weighted by molar-refractivity contribution is 6.31. The van der Waals surface area contributed by atoms with Gasteiger partial charge < -0.3 is 5.32 Å². The third-order valence-corrected chi connectivity index (χ3v) is 5.09. The van der Waals surface area contributed by atoms with E-state index in [1.54, 1.807) is 6.20 Å². The lowest BCUT2D eigenvalue weighted by atomic mass is 9.71. The molecule has 1 aromatic rings. The predicted octanol–water partition coefficient (Wildman–Crippen LogP) is 3.98. The molecule has 1 aromatic heterocycles. The number of rotatable bonds is 6. The molecule has 1 N–H and O–H groups in total. The summed E-state index contributed by atoms with van der Waals surface area (Å²) in [7, 11) is 2.02. The van der Waals surface area contributed by atoms with Crippen LogP contribution >= 0.6 is 11.6 Å². The average Bonchev–Trinajstić information content (AvgIpc) is 2.79. The second kappa shape index (κ2) is 7.46. The van der Waals surface area contributed by atoms with Crippen molar-refractivity contribution in [3.8, 4) is 0 Å². The van der Waals surface area contributed by atoms with Gasteiger partial charge in [-0.05, 0) is 44.2 Å². The molecule has 0 saturated heterocycles. The maximum Gasteiger partial charge on any atom is 0.0820 e. The molecule has 1 aliphatic carbocycles. The minimum atomic E-state index is 0.554. The summed E-state index contributed by atoms with van der Waals surface area (Å²) >= 11 is 6.39. The van der Waals surface area contributed by atoms with Crippen LogP contribution in [-0.4, -0.2) is 22.9 Å². The summed E-state index contributed by atoms with van der Waals surface area (Å²) in [5.74, 6) is 2.09. The fourth-order valence-electron chi connectivity index (χ4n) is 3.57. The summed E-state index contributed by atoms with van der Waals surface area (Å²) < 4.78 is 1.98. The van der Waals surface area contributed by atoms with Crippen LogP contribution in [0, 0.1) is 11.8 Å². The van der Waals surface area contributed by atoms with Crippen LogP contribution in [-0.2, 0) is 7.05 Å². The van der Waals surface area contributed by atoms with Crippen molar-refractivity contribution in [2.75, 3.05) is 13.1 Å². The van der Waals surface area contributed by atoms with Gasteiger partial charge >= 0.3 is 0 Å². The van der Waals surface area contributed by atoms with Crippen LogP contribution < -0.4 is 5.32 Å². The van der Waals surface area contributed by atoms with Crippen LogP contribution in [0.3, 0.4) is 0 Å². The molecule has 114 valence electrons. The van der Waals surface area contributed by atoms with Crippen LogP contribution in [0.2, 0.25) is 5.02 Å². The Morgan fingerprint density at radius 2 is 2.20 bits per heavy atom. The molecular formula is C16H28ClN3. The van der Waals surface area contributed by atoms with E-state index in [1.165, 1.54) is 37.8 Å². The number of hydrogen-bond acceptors (Lipinski definition) is 2. The fraction of sp³-hybridized carbons (Fsp3) is 0.812. The molecule has 0 aliphatic heterocycles. The van der Waals surface area contributed by atoms with Gasteiger partial charge in [-0.2, -0.15) is 5.10 Å². The fourth-order valence-corrected chi connectivity index (χ4v) is 3.88. The summed E-state index contributed by atoms with van der Waals surface area (Å²) in [5.41, 5.74) is 1.24. The Labute approximate surface area is 128 Å². The van der Waals surface area contributed by atoms with E-state index in [-0.39, 0.29) is 0 Å². The van der Waals surface area contributed by atoms with E-state index in [2.05, 4.69) is 24.3 Å². The molecule has 3 nitrogen and oxygen atoms in total. The molecule has 20 heavy (non-hydrogen) atoms. The molecule has 0 amide bonds. The number of halogens is 1. The minimum Gasteiger partial charge on any atom is -0.316 e. The third kappa shape index (κ3) is 3.56. The maximum atomic E-state index is 6.39. The van der Waals surface area contributed by atoms with Crippen LogP contribution in [0.4, 0.5) is 0 Å². The van der Waals surface area contributed by atoms with Crippen molar-refractivity contribution in [1.29, 1.82) is 0 Å². The quantitative estimate of drug-likeness (QED) is 0.805. The molecule has 3 unspecified atom stereocenters. The molecule has 1 saturated carbocycles. The summed E-state index contributed by atoms with van der Waals surface area (Å²) in [4.78, 5) is 0. The Balaban J connectivity index is 2.13. The highest BCUT2D eigenvalue weighted by atomic mass is 35.5. The number of nitrogens with one attached hydrogen (secondary N) is 1. The molecule has 0 spiro atoms. The van der Waals surface area contributed by atoms with Gasteiger partial charge in [0.25, 0.3) is 0 Å². The summed E-state index contributed by atoms with van der Waals surface area (Å²) in [6, 6.07) is 0. The zero-order valence-electron chi connectivity index (χ0n) is 13.0. The van der Waals surface area contributed by atoms with Crippen molar-refractivity contribution in [2.24, 2.45) is 18.9 Å². The Bertz CT molecular complexity index is 394. The summed E-state index contributed by atoms with van der Waals surface area (Å²) in [5, 5.41) is 8.78. The summed E-state index contributed by atoms with van der Waals surface area (Å²) in [6.45, 7) is 6.74. The van der Waals surface area contributed by atoms with E-state index in [0.717, 1.165) is 24.0 Å². The third-order valence-electron chi connectivity index (χ3n) is 4.80. The van der Waals surface area contributed by atoms with Gasteiger partial charge in [0.15, 0.2) is 0 Å². The first-order valence-corrected chi connectivity index (χ1v) is 8.43. The van der Waals surface area contributed by atoms with Crippen LogP contribution in [0.25, 0.3) is 0 Å². The lowest BCUT2D eigenvalue weighted by molar-refractivity contribution is 0.219. The molecule has 1 heterocycles. The second-order valence-corrected chi connectivity index (χ2v) is 6.57. The zero-order chi connectivity index (χ0) is 14.5. The normalized spacial score (nSPS) is 26.9. The smallest absolute Gasteiger partial charge is 0.0820 e. The molecule has 0 aromatic carbocycles. The highest BCUT2D eigenvalue weighted by Gasteiger charge is 2.33. The molecule has 0 bridgehead atoms. The average molecular weight is 298 g/mol. The van der Waals surface area contributed by atoms with Crippen molar-refractivity contribution in [3.05, 3.63) is 16.9 Å². The molecule has 1 aliphatic rings. The van der Waals surface area contributed by atoms with Gasteiger partial charge in [0.2, 0.25) is 0 Å². The summed E-state index contributed by atoms with van der Waals surface area (Å²) in [6.07, 6.45) is 8.20. The van der Waals surface area contributed by atoms with E-state index < -0.39 is 0 Å². The monoisotopic (exact) mass is 297 g/mol. The zero-order valence-corrected chi connectivity index (χ0v) is 13.8. The SMILES string of the molecule is CCCNCC1CCC(CC)CC1c1c(Cl)cnn1C. The lowest BCUT2D eigenvalue weighted by Crippen LogP contribution is -2.33. The molecule has 0 radical (unpaired) electrons. The van der Waals surface area contributed by atoms with Crippen molar-refractivity contribution in [1.82, 2.24) is 15.1 Å². The van der Waals surface area contributed by atoms with Gasteiger partial charge in [0.05, 0.1) is 16.9 Å². The number of aryl methyl sites for hydroxylation is 1. The molecule has 3 atom stereocenters. The Hall–Kier alpha value is -0.540. The largest absolute Gasteiger partial charge is 0.316 e. The first-order valence-electron chi connectivity index (χ1n) is 8.05. The number of nitrogens with zero attached hydrogens (tertiary/aromatic N) is 2. The topological polar surface area (TPSA) is 29.9 Å². The van der Waals surface area contributed by atoms with Crippen LogP contribution in [0.1, 0.15) is 57.6 Å². The van der Waals surface area contributed by atoms with Crippen molar-refractivity contribution >= 4 is 11.6 Å². The van der Waals surface area contributed by atoms with Gasteiger partial charge in [-0.3, -0.25) is 4.68 Å². The van der Waals surface area contributed by atoms with Crippen LogP contribution in [0.15, 0.2) is 6.20 Å². The van der Waals surface area contributed by atoms with E-state index in [0.29, 0.717) is 11.8 Å². The number of hydrogen-bond donors (Lipinski definition) is 1. The predicted molar refractivity (Wildman–Crippen MR) is 85.2 cm³/mol. The van der Waals surface area contributed by atoms with E-state index in [9.17, 15) is 0 Å². The van der Waals surface area contributed by atoms with Crippen molar-refractivity contribution < 1.29 is 0 Å². The van der Waals surface area contributed by atoms with Gasteiger partial charge in [0.1, 0.15) is 0 Å². The highest BCUT2D eigenvalue weighted by Crippen LogP contribution is 2.43. The second-order valence-electron chi connectivity index (χ2n) is 6.16.